The van der Waals surface area contributed by atoms with Gasteiger partial charge >= 0.3 is 17.9 Å². The molecule has 7 nitrogen and oxygen atoms in total. The number of hydrogen-bond acceptors (Lipinski definition) is 7. The lowest BCUT2D eigenvalue weighted by Crippen LogP contribution is -2.42. The van der Waals surface area contributed by atoms with E-state index in [0.717, 1.165) is 0 Å². The number of hydrogen-bond donors (Lipinski definition) is 0. The Morgan fingerprint density at radius 2 is 1.63 bits per heavy atom. The lowest BCUT2D eigenvalue weighted by Gasteiger charge is -2.30. The Kier molecular flexibility index (Phi) is 5.50. The van der Waals surface area contributed by atoms with Gasteiger partial charge in [0, 0.05) is 20.8 Å². The predicted molar refractivity (Wildman–Crippen MR) is 61.8 cm³/mol. The standard InChI is InChI=1S/C12H16O7/c1-7(13)16-6-11-10(17-8(2)14)4-5-12(19-11)18-9(3)15/h4-5,10-12H,6H2,1-3H3/t10-,11+,12?/m0/s1. The molecule has 0 N–H and O–H groups in total. The first-order chi connectivity index (χ1) is 8.88. The second kappa shape index (κ2) is 6.89. The van der Waals surface area contributed by atoms with Gasteiger partial charge in [-0.15, -0.1) is 0 Å². The molecular formula is C12H16O7. The van der Waals surface area contributed by atoms with Crippen LogP contribution in [0.3, 0.4) is 0 Å². The van der Waals surface area contributed by atoms with Crippen LogP contribution in [0.15, 0.2) is 12.2 Å². The molecule has 3 atom stereocenters. The van der Waals surface area contributed by atoms with Crippen LogP contribution < -0.4 is 0 Å². The van der Waals surface area contributed by atoms with Gasteiger partial charge in [0.1, 0.15) is 18.8 Å². The Bertz CT molecular complexity index is 388. The van der Waals surface area contributed by atoms with Gasteiger partial charge in [0.25, 0.3) is 0 Å². The summed E-state index contributed by atoms with van der Waals surface area (Å²) in [5.41, 5.74) is 0. The van der Waals surface area contributed by atoms with Gasteiger partial charge in [0.2, 0.25) is 6.29 Å². The minimum absolute atomic E-state index is 0.102. The molecule has 19 heavy (non-hydrogen) atoms. The fraction of sp³-hybridized carbons (Fsp3) is 0.583. The van der Waals surface area contributed by atoms with E-state index in [2.05, 4.69) is 0 Å². The van der Waals surface area contributed by atoms with Crippen LogP contribution in [0, 0.1) is 0 Å². The molecule has 0 aromatic rings. The molecule has 0 bridgehead atoms. The van der Waals surface area contributed by atoms with Crippen LogP contribution in [0.5, 0.6) is 0 Å². The topological polar surface area (TPSA) is 88.1 Å². The molecular weight excluding hydrogens is 256 g/mol. The lowest BCUT2D eigenvalue weighted by atomic mass is 10.1. The highest BCUT2D eigenvalue weighted by Crippen LogP contribution is 2.18. The second-order valence-electron chi connectivity index (χ2n) is 3.91. The van der Waals surface area contributed by atoms with Gasteiger partial charge in [-0.2, -0.15) is 0 Å². The maximum atomic E-state index is 11.0. The number of carbonyl (C=O) groups is 3. The molecule has 0 saturated heterocycles. The minimum Gasteiger partial charge on any atom is -0.463 e. The molecule has 106 valence electrons. The maximum absolute atomic E-state index is 11.0. The van der Waals surface area contributed by atoms with Crippen molar-refractivity contribution in [3.05, 3.63) is 12.2 Å². The molecule has 0 aromatic carbocycles. The fourth-order valence-corrected chi connectivity index (χ4v) is 1.49. The molecule has 0 radical (unpaired) electrons. The van der Waals surface area contributed by atoms with Crippen molar-refractivity contribution in [1.29, 1.82) is 0 Å². The highest BCUT2D eigenvalue weighted by atomic mass is 16.7. The zero-order valence-electron chi connectivity index (χ0n) is 11.0. The van der Waals surface area contributed by atoms with E-state index in [1.165, 1.54) is 32.9 Å². The monoisotopic (exact) mass is 272 g/mol. The van der Waals surface area contributed by atoms with Gasteiger partial charge in [0.15, 0.2) is 0 Å². The van der Waals surface area contributed by atoms with Gasteiger partial charge in [-0.05, 0) is 12.2 Å². The average Bonchev–Trinajstić information content (AvgIpc) is 2.27. The fourth-order valence-electron chi connectivity index (χ4n) is 1.49. The molecule has 1 aliphatic rings. The number of carbonyl (C=O) groups excluding carboxylic acids is 3. The molecule has 1 heterocycles. The molecule has 0 spiro atoms. The molecule has 0 fully saturated rings. The van der Waals surface area contributed by atoms with E-state index in [0.29, 0.717) is 0 Å². The van der Waals surface area contributed by atoms with Crippen LogP contribution in [0.25, 0.3) is 0 Å². The summed E-state index contributed by atoms with van der Waals surface area (Å²) in [6, 6.07) is 0. The summed E-state index contributed by atoms with van der Waals surface area (Å²) in [5.74, 6) is -1.48. The van der Waals surface area contributed by atoms with Crippen LogP contribution >= 0.6 is 0 Å². The van der Waals surface area contributed by atoms with Gasteiger partial charge in [-0.1, -0.05) is 0 Å². The van der Waals surface area contributed by atoms with Crippen LogP contribution in [-0.4, -0.2) is 43.0 Å². The Morgan fingerprint density at radius 3 is 2.16 bits per heavy atom. The van der Waals surface area contributed by atoms with E-state index >= 15 is 0 Å². The van der Waals surface area contributed by atoms with Gasteiger partial charge in [-0.25, -0.2) is 0 Å². The van der Waals surface area contributed by atoms with Gasteiger partial charge in [0.05, 0.1) is 0 Å². The molecule has 0 saturated carbocycles. The first-order valence-corrected chi connectivity index (χ1v) is 5.70. The third-order valence-corrected chi connectivity index (χ3v) is 2.17. The number of rotatable bonds is 4. The number of ether oxygens (including phenoxy) is 4. The summed E-state index contributed by atoms with van der Waals surface area (Å²) in [4.78, 5) is 32.6. The quantitative estimate of drug-likeness (QED) is 0.414. The van der Waals surface area contributed by atoms with E-state index in [1.807, 2.05) is 0 Å². The smallest absolute Gasteiger partial charge is 0.305 e. The molecule has 0 aromatic heterocycles. The first kappa shape index (κ1) is 15.2. The average molecular weight is 272 g/mol. The predicted octanol–water partition coefficient (Wildman–Crippen LogP) is 0.325. The van der Waals surface area contributed by atoms with E-state index in [-0.39, 0.29) is 6.61 Å². The van der Waals surface area contributed by atoms with E-state index < -0.39 is 36.4 Å². The van der Waals surface area contributed by atoms with Crippen molar-refractivity contribution in [3.8, 4) is 0 Å². The third kappa shape index (κ3) is 5.52. The Morgan fingerprint density at radius 1 is 1.00 bits per heavy atom. The normalized spacial score (nSPS) is 25.5. The van der Waals surface area contributed by atoms with Crippen molar-refractivity contribution < 1.29 is 33.3 Å². The number of esters is 3. The summed E-state index contributed by atoms with van der Waals surface area (Å²) in [6.07, 6.45) is 0.696. The van der Waals surface area contributed by atoms with Gasteiger partial charge in [-0.3, -0.25) is 14.4 Å². The first-order valence-electron chi connectivity index (χ1n) is 5.70. The zero-order chi connectivity index (χ0) is 14.4. The van der Waals surface area contributed by atoms with Gasteiger partial charge < -0.3 is 18.9 Å². The molecule has 0 amide bonds. The van der Waals surface area contributed by atoms with Crippen molar-refractivity contribution in [2.75, 3.05) is 6.61 Å². The minimum atomic E-state index is -0.884. The molecule has 1 rings (SSSR count). The summed E-state index contributed by atoms with van der Waals surface area (Å²) < 4.78 is 20.1. The Labute approximate surface area is 110 Å². The summed E-state index contributed by atoms with van der Waals surface area (Å²) >= 11 is 0. The molecule has 7 heteroatoms. The van der Waals surface area contributed by atoms with Crippen LogP contribution in [0.2, 0.25) is 0 Å². The van der Waals surface area contributed by atoms with Crippen molar-refractivity contribution in [2.24, 2.45) is 0 Å². The third-order valence-electron chi connectivity index (χ3n) is 2.17. The van der Waals surface area contributed by atoms with Crippen LogP contribution in [0.4, 0.5) is 0 Å². The van der Waals surface area contributed by atoms with Crippen molar-refractivity contribution in [1.82, 2.24) is 0 Å². The van der Waals surface area contributed by atoms with Crippen LogP contribution in [-0.2, 0) is 33.3 Å². The molecule has 1 aliphatic heterocycles. The second-order valence-corrected chi connectivity index (χ2v) is 3.91. The summed E-state index contributed by atoms with van der Waals surface area (Å²) in [7, 11) is 0. The van der Waals surface area contributed by atoms with Crippen LogP contribution in [0.1, 0.15) is 20.8 Å². The zero-order valence-corrected chi connectivity index (χ0v) is 11.0. The van der Waals surface area contributed by atoms with Crippen molar-refractivity contribution in [2.45, 2.75) is 39.3 Å². The summed E-state index contributed by atoms with van der Waals surface area (Å²) in [5, 5.41) is 0. The molecule has 1 unspecified atom stereocenters. The highest BCUT2D eigenvalue weighted by Gasteiger charge is 2.31. The molecule has 0 aliphatic carbocycles. The Hall–Kier alpha value is -1.89. The highest BCUT2D eigenvalue weighted by molar-refractivity contribution is 5.67. The van der Waals surface area contributed by atoms with Crippen molar-refractivity contribution >= 4 is 17.9 Å². The largest absolute Gasteiger partial charge is 0.463 e. The van der Waals surface area contributed by atoms with E-state index in [4.69, 9.17) is 18.9 Å². The SMILES string of the molecule is CC(=O)OC[C@H]1OC(OC(C)=O)C=C[C@@H]1OC(C)=O. The van der Waals surface area contributed by atoms with Crippen molar-refractivity contribution in [3.63, 3.8) is 0 Å². The summed E-state index contributed by atoms with van der Waals surface area (Å²) in [6.45, 7) is 3.66. The lowest BCUT2D eigenvalue weighted by molar-refractivity contribution is -0.201. The van der Waals surface area contributed by atoms with E-state index in [1.54, 1.807) is 0 Å². The Balaban J connectivity index is 2.68. The maximum Gasteiger partial charge on any atom is 0.305 e. The van der Waals surface area contributed by atoms with E-state index in [9.17, 15) is 14.4 Å².